The summed E-state index contributed by atoms with van der Waals surface area (Å²) < 4.78 is 10.9. The van der Waals surface area contributed by atoms with Crippen molar-refractivity contribution in [2.45, 2.75) is 20.3 Å². The molecule has 1 aliphatic heterocycles. The minimum absolute atomic E-state index is 0.00544. The fourth-order valence-corrected chi connectivity index (χ4v) is 2.65. The van der Waals surface area contributed by atoms with Gasteiger partial charge in [-0.2, -0.15) is 5.10 Å². The summed E-state index contributed by atoms with van der Waals surface area (Å²) in [6, 6.07) is 10.0. The highest BCUT2D eigenvalue weighted by Crippen LogP contribution is 2.32. The molecule has 1 heterocycles. The number of phenolic OH excluding ortho intramolecular Hbond substituents is 1. The monoisotopic (exact) mass is 383 g/mol. The molecule has 3 N–H and O–H groups in total. The summed E-state index contributed by atoms with van der Waals surface area (Å²) in [5.74, 6) is 0.298. The molecule has 28 heavy (non-hydrogen) atoms. The molecule has 1 aliphatic rings. The van der Waals surface area contributed by atoms with Gasteiger partial charge in [0, 0.05) is 17.5 Å². The Balaban J connectivity index is 1.56. The lowest BCUT2D eigenvalue weighted by Crippen LogP contribution is -2.22. The number of hydrogen-bond donors (Lipinski definition) is 3. The van der Waals surface area contributed by atoms with E-state index in [4.69, 9.17) is 9.47 Å². The molecule has 8 heteroatoms. The van der Waals surface area contributed by atoms with Crippen LogP contribution in [0.15, 0.2) is 41.5 Å². The van der Waals surface area contributed by atoms with Crippen LogP contribution in [0.4, 0.5) is 5.69 Å². The van der Waals surface area contributed by atoms with Gasteiger partial charge in [0.2, 0.25) is 5.91 Å². The van der Waals surface area contributed by atoms with E-state index in [1.165, 1.54) is 6.07 Å². The molecule has 0 bridgehead atoms. The number of fused-ring (bicyclic) bond motifs is 1. The van der Waals surface area contributed by atoms with Crippen molar-refractivity contribution < 1.29 is 24.2 Å². The zero-order valence-corrected chi connectivity index (χ0v) is 15.6. The lowest BCUT2D eigenvalue weighted by atomic mass is 10.1. The molecule has 0 spiro atoms. The minimum Gasteiger partial charge on any atom is -0.507 e. The first-order valence-corrected chi connectivity index (χ1v) is 8.75. The van der Waals surface area contributed by atoms with Gasteiger partial charge in [-0.1, -0.05) is 12.1 Å². The van der Waals surface area contributed by atoms with E-state index in [2.05, 4.69) is 15.8 Å². The smallest absolute Gasteiger partial charge is 0.275 e. The van der Waals surface area contributed by atoms with Gasteiger partial charge in [-0.15, -0.1) is 0 Å². The number of para-hydroxylation sites is 1. The van der Waals surface area contributed by atoms with Gasteiger partial charge in [-0.05, 0) is 37.6 Å². The molecule has 2 aromatic carbocycles. The second-order valence-electron chi connectivity index (χ2n) is 6.34. The van der Waals surface area contributed by atoms with Crippen molar-refractivity contribution in [3.05, 3.63) is 47.5 Å². The maximum atomic E-state index is 12.2. The van der Waals surface area contributed by atoms with Gasteiger partial charge in [0.1, 0.15) is 19.0 Å². The highest BCUT2D eigenvalue weighted by molar-refractivity contribution is 6.06. The van der Waals surface area contributed by atoms with Gasteiger partial charge in [-0.25, -0.2) is 5.43 Å². The second kappa shape index (κ2) is 8.43. The van der Waals surface area contributed by atoms with Crippen LogP contribution in [0.3, 0.4) is 0 Å². The molecule has 0 fully saturated rings. The third-order valence-electron chi connectivity index (χ3n) is 4.07. The quantitative estimate of drug-likeness (QED) is 0.543. The number of nitrogens with zero attached hydrogens (tertiary/aromatic N) is 1. The Bertz CT molecular complexity index is 939. The molecular weight excluding hydrogens is 362 g/mol. The third kappa shape index (κ3) is 4.59. The maximum absolute atomic E-state index is 12.2. The zero-order chi connectivity index (χ0) is 20.1. The van der Waals surface area contributed by atoms with E-state index in [1.807, 2.05) is 0 Å². The SMILES string of the molecule is CC(CC(=O)Nc1ccc2c(c1)OCCO2)=NNC(=O)c1cccc(C)c1O. The van der Waals surface area contributed by atoms with E-state index in [0.29, 0.717) is 41.7 Å². The largest absolute Gasteiger partial charge is 0.507 e. The summed E-state index contributed by atoms with van der Waals surface area (Å²) in [6.45, 7) is 4.29. The predicted molar refractivity (Wildman–Crippen MR) is 104 cm³/mol. The fraction of sp³-hybridized carbons (Fsp3) is 0.250. The number of aromatic hydroxyl groups is 1. The first kappa shape index (κ1) is 19.2. The summed E-state index contributed by atoms with van der Waals surface area (Å²) in [5.41, 5.74) is 4.05. The molecule has 2 aromatic rings. The normalized spacial score (nSPS) is 13.0. The van der Waals surface area contributed by atoms with Crippen LogP contribution in [0.2, 0.25) is 0 Å². The molecule has 0 aromatic heterocycles. The average Bonchev–Trinajstić information content (AvgIpc) is 2.68. The number of phenols is 1. The highest BCUT2D eigenvalue weighted by Gasteiger charge is 2.14. The van der Waals surface area contributed by atoms with E-state index in [9.17, 15) is 14.7 Å². The zero-order valence-electron chi connectivity index (χ0n) is 15.6. The van der Waals surface area contributed by atoms with Crippen molar-refractivity contribution in [2.24, 2.45) is 5.10 Å². The number of anilines is 1. The molecule has 8 nitrogen and oxygen atoms in total. The number of hydrazone groups is 1. The van der Waals surface area contributed by atoms with E-state index >= 15 is 0 Å². The summed E-state index contributed by atoms with van der Waals surface area (Å²) in [4.78, 5) is 24.3. The molecule has 0 radical (unpaired) electrons. The van der Waals surface area contributed by atoms with Crippen LogP contribution >= 0.6 is 0 Å². The molecule has 2 amide bonds. The summed E-state index contributed by atoms with van der Waals surface area (Å²) in [7, 11) is 0. The fourth-order valence-electron chi connectivity index (χ4n) is 2.65. The van der Waals surface area contributed by atoms with Crippen molar-refractivity contribution >= 4 is 23.2 Å². The first-order valence-electron chi connectivity index (χ1n) is 8.75. The van der Waals surface area contributed by atoms with Crippen LogP contribution in [-0.4, -0.2) is 35.8 Å². The summed E-state index contributed by atoms with van der Waals surface area (Å²) in [6.07, 6.45) is -0.00544. The first-order chi connectivity index (χ1) is 13.4. The molecule has 3 rings (SSSR count). The molecule has 0 atom stereocenters. The van der Waals surface area contributed by atoms with Gasteiger partial charge in [0.25, 0.3) is 5.91 Å². The Kier molecular flexibility index (Phi) is 5.78. The van der Waals surface area contributed by atoms with Crippen LogP contribution in [0.25, 0.3) is 0 Å². The number of nitrogens with one attached hydrogen (secondary N) is 2. The van der Waals surface area contributed by atoms with Crippen LogP contribution in [-0.2, 0) is 4.79 Å². The molecule has 0 unspecified atom stereocenters. The Morgan fingerprint density at radius 3 is 2.68 bits per heavy atom. The van der Waals surface area contributed by atoms with Crippen molar-refractivity contribution in [1.29, 1.82) is 0 Å². The Labute approximate surface area is 162 Å². The van der Waals surface area contributed by atoms with E-state index in [-0.39, 0.29) is 23.6 Å². The lowest BCUT2D eigenvalue weighted by Gasteiger charge is -2.19. The van der Waals surface area contributed by atoms with Crippen LogP contribution in [0, 0.1) is 6.92 Å². The minimum atomic E-state index is -0.548. The highest BCUT2D eigenvalue weighted by atomic mass is 16.6. The van der Waals surface area contributed by atoms with Gasteiger partial charge in [0.15, 0.2) is 11.5 Å². The summed E-state index contributed by atoms with van der Waals surface area (Å²) in [5, 5.41) is 16.6. The van der Waals surface area contributed by atoms with E-state index < -0.39 is 5.91 Å². The Morgan fingerprint density at radius 1 is 1.14 bits per heavy atom. The topological polar surface area (TPSA) is 109 Å². The van der Waals surface area contributed by atoms with Crippen LogP contribution < -0.4 is 20.2 Å². The molecule has 0 aliphatic carbocycles. The van der Waals surface area contributed by atoms with E-state index in [1.54, 1.807) is 44.2 Å². The average molecular weight is 383 g/mol. The Hall–Kier alpha value is -3.55. The van der Waals surface area contributed by atoms with Crippen molar-refractivity contribution in [1.82, 2.24) is 5.43 Å². The number of rotatable bonds is 5. The lowest BCUT2D eigenvalue weighted by molar-refractivity contribution is -0.115. The second-order valence-corrected chi connectivity index (χ2v) is 6.34. The Morgan fingerprint density at radius 2 is 1.89 bits per heavy atom. The maximum Gasteiger partial charge on any atom is 0.275 e. The molecule has 0 saturated heterocycles. The van der Waals surface area contributed by atoms with Gasteiger partial charge in [0.05, 0.1) is 12.0 Å². The van der Waals surface area contributed by atoms with Gasteiger partial charge in [-0.3, -0.25) is 9.59 Å². The third-order valence-corrected chi connectivity index (χ3v) is 4.07. The van der Waals surface area contributed by atoms with Crippen molar-refractivity contribution in [3.63, 3.8) is 0 Å². The van der Waals surface area contributed by atoms with Crippen molar-refractivity contribution in [3.8, 4) is 17.2 Å². The number of carbonyl (C=O) groups is 2. The summed E-state index contributed by atoms with van der Waals surface area (Å²) >= 11 is 0. The molecule has 0 saturated carbocycles. The van der Waals surface area contributed by atoms with Gasteiger partial charge < -0.3 is 19.9 Å². The van der Waals surface area contributed by atoms with Crippen LogP contribution in [0.5, 0.6) is 17.2 Å². The number of amides is 2. The number of hydrogen-bond acceptors (Lipinski definition) is 6. The number of aryl methyl sites for hydroxylation is 1. The standard InChI is InChI=1S/C20H21N3O5/c1-12-4-3-5-15(19(12)25)20(26)23-22-13(2)10-18(24)21-14-6-7-16-17(11-14)28-9-8-27-16/h3-7,11,25H,8-10H2,1-2H3,(H,21,24)(H,23,26). The molecule has 146 valence electrons. The number of carbonyl (C=O) groups excluding carboxylic acids is 2. The predicted octanol–water partition coefficient (Wildman–Crippen LogP) is 2.61. The number of benzene rings is 2. The van der Waals surface area contributed by atoms with Crippen molar-refractivity contribution in [2.75, 3.05) is 18.5 Å². The van der Waals surface area contributed by atoms with Gasteiger partial charge >= 0.3 is 0 Å². The van der Waals surface area contributed by atoms with E-state index in [0.717, 1.165) is 0 Å². The molecular formula is C20H21N3O5. The van der Waals surface area contributed by atoms with Crippen LogP contribution in [0.1, 0.15) is 29.3 Å². The number of ether oxygens (including phenoxy) is 2.